The number of amides is 1. The molecule has 0 bridgehead atoms. The number of fused-ring (bicyclic) bond motifs is 1. The number of carbonyl (C=O) groups excluding carboxylic acids is 1. The van der Waals surface area contributed by atoms with E-state index < -0.39 is 10.0 Å². The summed E-state index contributed by atoms with van der Waals surface area (Å²) in [4.78, 5) is 24.0. The van der Waals surface area contributed by atoms with Crippen LogP contribution in [0, 0.1) is 0 Å². The van der Waals surface area contributed by atoms with Crippen molar-refractivity contribution in [3.63, 3.8) is 0 Å². The average molecular weight is 420 g/mol. The van der Waals surface area contributed by atoms with E-state index in [1.54, 1.807) is 24.3 Å². The van der Waals surface area contributed by atoms with Crippen LogP contribution in [-0.2, 0) is 14.8 Å². The fraction of sp³-hybridized carbons (Fsp3) is 0.600. The molecule has 0 aromatic heterocycles. The number of piperazine rings is 1. The molecule has 3 aliphatic heterocycles. The number of carbonyl (C=O) groups is 1. The van der Waals surface area contributed by atoms with Gasteiger partial charge in [0.1, 0.15) is 5.84 Å². The number of benzene rings is 1. The number of hydrogen-bond acceptors (Lipinski definition) is 6. The van der Waals surface area contributed by atoms with Gasteiger partial charge in [0.25, 0.3) is 10.0 Å². The standard InChI is InChI=1S/C20H29N5O3S/c26-19(25-15-13-24(14-16-25)12-11-23-9-3-4-10-23)7-8-21-20-17-5-1-2-6-18(17)29(27,28)22-20/h1-2,5-6H,3-4,7-16H2,(H,21,22). The van der Waals surface area contributed by atoms with Gasteiger partial charge in [-0.3, -0.25) is 19.4 Å². The first-order valence-corrected chi connectivity index (χ1v) is 11.9. The molecule has 3 heterocycles. The highest BCUT2D eigenvalue weighted by Gasteiger charge is 2.30. The molecule has 1 aromatic carbocycles. The van der Waals surface area contributed by atoms with Crippen LogP contribution in [0.15, 0.2) is 34.2 Å². The monoisotopic (exact) mass is 419 g/mol. The third-order valence-electron chi connectivity index (χ3n) is 5.91. The lowest BCUT2D eigenvalue weighted by Gasteiger charge is -2.35. The Hall–Kier alpha value is -1.97. The van der Waals surface area contributed by atoms with Crippen molar-refractivity contribution in [2.24, 2.45) is 4.99 Å². The van der Waals surface area contributed by atoms with Crippen molar-refractivity contribution >= 4 is 21.8 Å². The van der Waals surface area contributed by atoms with Crippen molar-refractivity contribution in [2.75, 3.05) is 58.9 Å². The molecule has 0 atom stereocenters. The maximum Gasteiger partial charge on any atom is 0.263 e. The van der Waals surface area contributed by atoms with Crippen LogP contribution >= 0.6 is 0 Å². The van der Waals surface area contributed by atoms with Gasteiger partial charge < -0.3 is 9.80 Å². The van der Waals surface area contributed by atoms with Crippen LogP contribution in [0.2, 0.25) is 0 Å². The number of likely N-dealkylation sites (tertiary alicyclic amines) is 1. The minimum atomic E-state index is -3.53. The van der Waals surface area contributed by atoms with Crippen molar-refractivity contribution in [1.82, 2.24) is 19.4 Å². The normalized spacial score (nSPS) is 23.3. The first-order chi connectivity index (χ1) is 14.0. The summed E-state index contributed by atoms with van der Waals surface area (Å²) in [6.45, 7) is 8.28. The van der Waals surface area contributed by atoms with E-state index in [9.17, 15) is 13.2 Å². The molecule has 1 aromatic rings. The van der Waals surface area contributed by atoms with Crippen LogP contribution in [0.3, 0.4) is 0 Å². The number of sulfonamides is 1. The second-order valence-electron chi connectivity index (χ2n) is 7.85. The molecule has 0 spiro atoms. The molecule has 0 radical (unpaired) electrons. The van der Waals surface area contributed by atoms with Gasteiger partial charge in [0.2, 0.25) is 5.91 Å². The lowest BCUT2D eigenvalue weighted by molar-refractivity contribution is -0.132. The molecule has 0 aliphatic carbocycles. The van der Waals surface area contributed by atoms with Gasteiger partial charge in [-0.15, -0.1) is 0 Å². The van der Waals surface area contributed by atoms with E-state index in [2.05, 4.69) is 19.5 Å². The summed E-state index contributed by atoms with van der Waals surface area (Å²) in [5, 5.41) is 0. The van der Waals surface area contributed by atoms with Gasteiger partial charge in [-0.25, -0.2) is 8.42 Å². The summed E-state index contributed by atoms with van der Waals surface area (Å²) in [5.41, 5.74) is 0.576. The smallest absolute Gasteiger partial charge is 0.263 e. The average Bonchev–Trinajstić information content (AvgIpc) is 3.33. The van der Waals surface area contributed by atoms with Gasteiger partial charge in [-0.1, -0.05) is 12.1 Å². The highest BCUT2D eigenvalue weighted by molar-refractivity contribution is 7.90. The molecule has 3 aliphatic rings. The minimum absolute atomic E-state index is 0.0858. The molecule has 158 valence electrons. The van der Waals surface area contributed by atoms with Crippen molar-refractivity contribution in [3.05, 3.63) is 29.8 Å². The first-order valence-electron chi connectivity index (χ1n) is 10.4. The number of nitrogens with one attached hydrogen (secondary N) is 1. The van der Waals surface area contributed by atoms with Gasteiger partial charge in [0.05, 0.1) is 11.4 Å². The fourth-order valence-electron chi connectivity index (χ4n) is 4.18. The summed E-state index contributed by atoms with van der Waals surface area (Å²) in [5.74, 6) is 0.419. The van der Waals surface area contributed by atoms with Crippen molar-refractivity contribution in [2.45, 2.75) is 24.2 Å². The number of aliphatic imine (C=N–C) groups is 1. The Kier molecular flexibility index (Phi) is 6.17. The van der Waals surface area contributed by atoms with E-state index in [0.717, 1.165) is 39.3 Å². The lowest BCUT2D eigenvalue weighted by atomic mass is 10.2. The second-order valence-corrected chi connectivity index (χ2v) is 9.50. The number of rotatable bonds is 6. The van der Waals surface area contributed by atoms with Gasteiger partial charge in [-0.2, -0.15) is 0 Å². The third-order valence-corrected chi connectivity index (χ3v) is 7.31. The zero-order valence-corrected chi connectivity index (χ0v) is 17.5. The molecule has 8 nitrogen and oxygen atoms in total. The Morgan fingerprint density at radius 1 is 0.966 bits per heavy atom. The highest BCUT2D eigenvalue weighted by Crippen LogP contribution is 2.22. The first kappa shape index (κ1) is 20.3. The minimum Gasteiger partial charge on any atom is -0.340 e. The summed E-state index contributed by atoms with van der Waals surface area (Å²) in [6, 6.07) is 6.77. The maximum atomic E-state index is 12.5. The molecule has 2 saturated heterocycles. The fourth-order valence-corrected chi connectivity index (χ4v) is 5.43. The van der Waals surface area contributed by atoms with Crippen LogP contribution in [0.1, 0.15) is 24.8 Å². The molecular weight excluding hydrogens is 390 g/mol. The summed E-state index contributed by atoms with van der Waals surface area (Å²) in [6.07, 6.45) is 2.93. The highest BCUT2D eigenvalue weighted by atomic mass is 32.2. The zero-order chi connectivity index (χ0) is 20.3. The molecule has 1 amide bonds. The van der Waals surface area contributed by atoms with Gasteiger partial charge in [-0.05, 0) is 38.1 Å². The van der Waals surface area contributed by atoms with Crippen LogP contribution in [0.25, 0.3) is 0 Å². The topological polar surface area (TPSA) is 85.3 Å². The van der Waals surface area contributed by atoms with E-state index in [1.165, 1.54) is 25.9 Å². The third kappa shape index (κ3) is 4.79. The number of amidine groups is 1. The lowest BCUT2D eigenvalue weighted by Crippen LogP contribution is -2.50. The summed E-state index contributed by atoms with van der Waals surface area (Å²) >= 11 is 0. The Morgan fingerprint density at radius 2 is 1.62 bits per heavy atom. The van der Waals surface area contributed by atoms with E-state index in [-0.39, 0.29) is 17.3 Å². The Labute approximate surface area is 172 Å². The Bertz CT molecular complexity index is 872. The zero-order valence-electron chi connectivity index (χ0n) is 16.7. The van der Waals surface area contributed by atoms with Crippen molar-refractivity contribution < 1.29 is 13.2 Å². The number of nitrogens with zero attached hydrogens (tertiary/aromatic N) is 4. The Morgan fingerprint density at radius 3 is 2.34 bits per heavy atom. The van der Waals surface area contributed by atoms with E-state index in [1.807, 2.05) is 4.90 Å². The van der Waals surface area contributed by atoms with Gasteiger partial charge in [0, 0.05) is 51.3 Å². The molecule has 0 saturated carbocycles. The van der Waals surface area contributed by atoms with E-state index in [4.69, 9.17) is 0 Å². The molecular formula is C20H29N5O3S. The molecule has 1 N–H and O–H groups in total. The predicted octanol–water partition coefficient (Wildman–Crippen LogP) is 0.355. The SMILES string of the molecule is O=C(CCN=C1NS(=O)(=O)c2ccccc21)N1CCN(CCN2CCCC2)CC1. The van der Waals surface area contributed by atoms with Crippen LogP contribution in [-0.4, -0.2) is 93.8 Å². The molecule has 29 heavy (non-hydrogen) atoms. The van der Waals surface area contributed by atoms with Crippen LogP contribution in [0.5, 0.6) is 0 Å². The second kappa shape index (κ2) is 8.81. The summed E-state index contributed by atoms with van der Waals surface area (Å²) < 4.78 is 26.7. The van der Waals surface area contributed by atoms with E-state index >= 15 is 0 Å². The molecule has 9 heteroatoms. The molecule has 4 rings (SSSR count). The summed E-state index contributed by atoms with van der Waals surface area (Å²) in [7, 11) is -3.53. The van der Waals surface area contributed by atoms with Crippen molar-refractivity contribution in [1.29, 1.82) is 0 Å². The van der Waals surface area contributed by atoms with Crippen LogP contribution < -0.4 is 4.72 Å². The van der Waals surface area contributed by atoms with Crippen LogP contribution in [0.4, 0.5) is 0 Å². The quantitative estimate of drug-likeness (QED) is 0.720. The van der Waals surface area contributed by atoms with E-state index in [0.29, 0.717) is 17.8 Å². The largest absolute Gasteiger partial charge is 0.340 e. The molecule has 2 fully saturated rings. The van der Waals surface area contributed by atoms with Crippen molar-refractivity contribution in [3.8, 4) is 0 Å². The Balaban J connectivity index is 1.22. The van der Waals surface area contributed by atoms with Gasteiger partial charge >= 0.3 is 0 Å². The molecule has 0 unspecified atom stereocenters. The maximum absolute atomic E-state index is 12.5. The van der Waals surface area contributed by atoms with Gasteiger partial charge in [0.15, 0.2) is 0 Å². The predicted molar refractivity (Wildman–Crippen MR) is 111 cm³/mol. The number of hydrogen-bond donors (Lipinski definition) is 1.